The molecule has 1 fully saturated rings. The first kappa shape index (κ1) is 10.2. The largest absolute Gasteiger partial charge is 0.321 e. The monoisotopic (exact) mass is 221 g/mol. The smallest absolute Gasteiger partial charge is 0.168 e. The van der Waals surface area contributed by atoms with Crippen molar-refractivity contribution in [1.82, 2.24) is 19.7 Å². The van der Waals surface area contributed by atoms with E-state index in [1.807, 2.05) is 4.68 Å². The molecule has 5 nitrogen and oxygen atoms in total. The summed E-state index contributed by atoms with van der Waals surface area (Å²) in [6.07, 6.45) is 4.59. The molecule has 5 heteroatoms. The van der Waals surface area contributed by atoms with Crippen LogP contribution in [0.15, 0.2) is 0 Å². The second-order valence-electron chi connectivity index (χ2n) is 4.94. The van der Waals surface area contributed by atoms with Gasteiger partial charge in [-0.2, -0.15) is 5.10 Å². The highest BCUT2D eigenvalue weighted by Gasteiger charge is 2.29. The summed E-state index contributed by atoms with van der Waals surface area (Å²) in [5.41, 5.74) is 6.06. The molecule has 2 aliphatic rings. The Morgan fingerprint density at radius 3 is 2.75 bits per heavy atom. The topological polar surface area (TPSA) is 60.0 Å². The Labute approximate surface area is 95.6 Å². The van der Waals surface area contributed by atoms with E-state index in [1.165, 1.54) is 12.8 Å². The Morgan fingerprint density at radius 2 is 2.06 bits per heavy atom. The van der Waals surface area contributed by atoms with Gasteiger partial charge in [0.1, 0.15) is 5.82 Å². The number of hydrogen-bond acceptors (Lipinski definition) is 4. The number of aromatic nitrogens is 3. The minimum Gasteiger partial charge on any atom is -0.321 e. The van der Waals surface area contributed by atoms with Gasteiger partial charge in [-0.25, -0.2) is 9.67 Å². The van der Waals surface area contributed by atoms with E-state index in [1.54, 1.807) is 0 Å². The standard InChI is InChI=1S/C11H19N5/c1-15-6-3-5-9(15)10-13-11-8(12)4-2-7-16(11)14-10/h8-9H,2-7,12H2,1H3. The van der Waals surface area contributed by atoms with E-state index in [0.29, 0.717) is 6.04 Å². The van der Waals surface area contributed by atoms with Gasteiger partial charge in [0.2, 0.25) is 0 Å². The molecule has 88 valence electrons. The average Bonchev–Trinajstić information content (AvgIpc) is 2.84. The van der Waals surface area contributed by atoms with Crippen molar-refractivity contribution < 1.29 is 0 Å². The fourth-order valence-corrected chi connectivity index (χ4v) is 2.78. The van der Waals surface area contributed by atoms with Crippen molar-refractivity contribution >= 4 is 0 Å². The lowest BCUT2D eigenvalue weighted by Crippen LogP contribution is -2.22. The van der Waals surface area contributed by atoms with Crippen molar-refractivity contribution in [3.63, 3.8) is 0 Å². The van der Waals surface area contributed by atoms with E-state index in [2.05, 4.69) is 22.0 Å². The van der Waals surface area contributed by atoms with Crippen molar-refractivity contribution in [3.8, 4) is 0 Å². The summed E-state index contributed by atoms with van der Waals surface area (Å²) in [5.74, 6) is 1.97. The Kier molecular flexibility index (Phi) is 2.44. The van der Waals surface area contributed by atoms with E-state index < -0.39 is 0 Å². The van der Waals surface area contributed by atoms with Gasteiger partial charge in [0, 0.05) is 6.54 Å². The predicted molar refractivity (Wildman–Crippen MR) is 60.8 cm³/mol. The molecular weight excluding hydrogens is 202 g/mol. The third kappa shape index (κ3) is 1.55. The quantitative estimate of drug-likeness (QED) is 0.763. The zero-order valence-electron chi connectivity index (χ0n) is 9.76. The Bertz CT molecular complexity index is 386. The number of nitrogens with two attached hydrogens (primary N) is 1. The first-order chi connectivity index (χ1) is 7.75. The van der Waals surface area contributed by atoms with Gasteiger partial charge in [-0.15, -0.1) is 0 Å². The van der Waals surface area contributed by atoms with Crippen LogP contribution < -0.4 is 5.73 Å². The summed E-state index contributed by atoms with van der Waals surface area (Å²) in [5, 5.41) is 4.62. The molecule has 0 radical (unpaired) electrons. The number of rotatable bonds is 1. The van der Waals surface area contributed by atoms with Crippen LogP contribution in [0.1, 0.15) is 49.4 Å². The van der Waals surface area contributed by atoms with Crippen molar-refractivity contribution in [2.24, 2.45) is 5.73 Å². The highest BCUT2D eigenvalue weighted by molar-refractivity contribution is 5.05. The van der Waals surface area contributed by atoms with E-state index in [4.69, 9.17) is 5.73 Å². The summed E-state index contributed by atoms with van der Waals surface area (Å²) in [6, 6.07) is 0.493. The molecular formula is C11H19N5. The molecule has 2 N–H and O–H groups in total. The van der Waals surface area contributed by atoms with Crippen LogP contribution in [0.4, 0.5) is 0 Å². The lowest BCUT2D eigenvalue weighted by molar-refractivity contribution is 0.304. The van der Waals surface area contributed by atoms with Crippen LogP contribution in [-0.2, 0) is 6.54 Å². The minimum absolute atomic E-state index is 0.0849. The molecule has 0 amide bonds. The molecule has 0 saturated carbocycles. The molecule has 2 atom stereocenters. The molecule has 1 saturated heterocycles. The molecule has 2 unspecified atom stereocenters. The first-order valence-electron chi connectivity index (χ1n) is 6.16. The van der Waals surface area contributed by atoms with Crippen molar-refractivity contribution in [2.45, 2.75) is 44.3 Å². The van der Waals surface area contributed by atoms with Crippen LogP contribution in [0.2, 0.25) is 0 Å². The third-order valence-corrected chi connectivity index (χ3v) is 3.75. The van der Waals surface area contributed by atoms with E-state index >= 15 is 0 Å². The second-order valence-corrected chi connectivity index (χ2v) is 4.94. The summed E-state index contributed by atoms with van der Waals surface area (Å²) in [6.45, 7) is 2.13. The van der Waals surface area contributed by atoms with E-state index in [0.717, 1.165) is 37.6 Å². The van der Waals surface area contributed by atoms with Crippen LogP contribution in [0.5, 0.6) is 0 Å². The molecule has 1 aromatic heterocycles. The Hall–Kier alpha value is -0.940. The number of aryl methyl sites for hydroxylation is 1. The lowest BCUT2D eigenvalue weighted by Gasteiger charge is -2.17. The normalized spacial score (nSPS) is 30.6. The average molecular weight is 221 g/mol. The van der Waals surface area contributed by atoms with Crippen molar-refractivity contribution in [1.29, 1.82) is 0 Å². The van der Waals surface area contributed by atoms with Crippen LogP contribution in [0.3, 0.4) is 0 Å². The van der Waals surface area contributed by atoms with E-state index in [-0.39, 0.29) is 6.04 Å². The molecule has 2 aliphatic heterocycles. The Morgan fingerprint density at radius 1 is 1.25 bits per heavy atom. The maximum absolute atomic E-state index is 6.06. The third-order valence-electron chi connectivity index (χ3n) is 3.75. The molecule has 0 spiro atoms. The zero-order valence-corrected chi connectivity index (χ0v) is 9.76. The SMILES string of the molecule is CN1CCCC1c1nc2n(n1)CCCC2N. The first-order valence-corrected chi connectivity index (χ1v) is 6.16. The van der Waals surface area contributed by atoms with Gasteiger partial charge >= 0.3 is 0 Å². The highest BCUT2D eigenvalue weighted by atomic mass is 15.4. The lowest BCUT2D eigenvalue weighted by atomic mass is 10.1. The Balaban J connectivity index is 1.91. The summed E-state index contributed by atoms with van der Waals surface area (Å²) in [7, 11) is 2.15. The minimum atomic E-state index is 0.0849. The molecule has 3 heterocycles. The van der Waals surface area contributed by atoms with Gasteiger partial charge in [0.25, 0.3) is 0 Å². The fourth-order valence-electron chi connectivity index (χ4n) is 2.78. The van der Waals surface area contributed by atoms with Crippen LogP contribution in [0.25, 0.3) is 0 Å². The van der Waals surface area contributed by atoms with Crippen molar-refractivity contribution in [2.75, 3.05) is 13.6 Å². The van der Waals surface area contributed by atoms with Gasteiger partial charge in [0.15, 0.2) is 5.82 Å². The maximum Gasteiger partial charge on any atom is 0.168 e. The maximum atomic E-state index is 6.06. The van der Waals surface area contributed by atoms with Gasteiger partial charge in [-0.1, -0.05) is 0 Å². The van der Waals surface area contributed by atoms with E-state index in [9.17, 15) is 0 Å². The van der Waals surface area contributed by atoms with Gasteiger partial charge in [-0.3, -0.25) is 4.90 Å². The van der Waals surface area contributed by atoms with Crippen LogP contribution in [0, 0.1) is 0 Å². The number of hydrogen-bond donors (Lipinski definition) is 1. The fraction of sp³-hybridized carbons (Fsp3) is 0.818. The molecule has 0 bridgehead atoms. The summed E-state index contributed by atoms with van der Waals surface area (Å²) >= 11 is 0. The number of nitrogens with zero attached hydrogens (tertiary/aromatic N) is 4. The van der Waals surface area contributed by atoms with Gasteiger partial charge < -0.3 is 5.73 Å². The predicted octanol–water partition coefficient (Wildman–Crippen LogP) is 0.838. The number of likely N-dealkylation sites (tertiary alicyclic amines) is 1. The second kappa shape index (κ2) is 3.82. The molecule has 16 heavy (non-hydrogen) atoms. The highest BCUT2D eigenvalue weighted by Crippen LogP contribution is 2.30. The number of fused-ring (bicyclic) bond motifs is 1. The molecule has 1 aromatic rings. The van der Waals surface area contributed by atoms with Gasteiger partial charge in [-0.05, 0) is 39.3 Å². The summed E-state index contributed by atoms with van der Waals surface area (Å²) < 4.78 is 2.01. The van der Waals surface area contributed by atoms with Gasteiger partial charge in [0.05, 0.1) is 12.1 Å². The van der Waals surface area contributed by atoms with Crippen molar-refractivity contribution in [3.05, 3.63) is 11.6 Å². The molecule has 0 aromatic carbocycles. The summed E-state index contributed by atoms with van der Waals surface area (Å²) in [4.78, 5) is 6.99. The molecule has 3 rings (SSSR count). The molecule has 0 aliphatic carbocycles. The van der Waals surface area contributed by atoms with Crippen LogP contribution in [-0.4, -0.2) is 33.3 Å². The zero-order chi connectivity index (χ0) is 11.1. The van der Waals surface area contributed by atoms with Crippen LogP contribution >= 0.6 is 0 Å².